The number of benzene rings is 2. The van der Waals surface area contributed by atoms with E-state index in [1.807, 2.05) is 6.07 Å². The average Bonchev–Trinajstić information content (AvgIpc) is 2.63. The van der Waals surface area contributed by atoms with E-state index < -0.39 is 0 Å². The highest BCUT2D eigenvalue weighted by Gasteiger charge is 2.38. The first-order valence-corrected chi connectivity index (χ1v) is 8.76. The Bertz CT molecular complexity index is 894. The van der Waals surface area contributed by atoms with E-state index >= 15 is 0 Å². The van der Waals surface area contributed by atoms with E-state index in [0.29, 0.717) is 11.5 Å². The molecule has 0 aromatic heterocycles. The number of aromatic hydroxyl groups is 2. The Morgan fingerprint density at radius 3 is 2.65 bits per heavy atom. The molecule has 0 fully saturated rings. The number of phenolic OH excluding ortho intramolecular Hbond substituents is 2. The van der Waals surface area contributed by atoms with Gasteiger partial charge in [-0.2, -0.15) is 0 Å². The lowest BCUT2D eigenvalue weighted by atomic mass is 9.75. The van der Waals surface area contributed by atoms with E-state index in [-0.39, 0.29) is 24.1 Å². The summed E-state index contributed by atoms with van der Waals surface area (Å²) in [6.45, 7) is 1.17. The normalized spacial score (nSPS) is 18.2. The Labute approximate surface area is 152 Å². The lowest BCUT2D eigenvalue weighted by molar-refractivity contribution is 0.226. The third-order valence-electron chi connectivity index (χ3n) is 5.76. The maximum Gasteiger partial charge on any atom is 0.169 e. The quantitative estimate of drug-likeness (QED) is 0.782. The summed E-state index contributed by atoms with van der Waals surface area (Å²) in [5, 5.41) is 21.1. The van der Waals surface area contributed by atoms with Gasteiger partial charge in [0.25, 0.3) is 0 Å². The highest BCUT2D eigenvalue weighted by molar-refractivity contribution is 5.86. The van der Waals surface area contributed by atoms with Gasteiger partial charge >= 0.3 is 0 Å². The van der Waals surface area contributed by atoms with Crippen molar-refractivity contribution < 1.29 is 19.7 Å². The van der Waals surface area contributed by atoms with Crippen molar-refractivity contribution in [3.05, 3.63) is 34.4 Å². The molecule has 138 valence electrons. The largest absolute Gasteiger partial charge is 0.504 e. The highest BCUT2D eigenvalue weighted by atomic mass is 16.5. The molecule has 6 nitrogen and oxygen atoms in total. The van der Waals surface area contributed by atoms with Gasteiger partial charge in [-0.25, -0.2) is 0 Å². The van der Waals surface area contributed by atoms with Gasteiger partial charge in [-0.1, -0.05) is 0 Å². The first-order chi connectivity index (χ1) is 12.5. The molecule has 2 aromatic rings. The number of likely N-dealkylation sites (N-methyl/N-ethyl adjacent to an activating group) is 1. The van der Waals surface area contributed by atoms with Gasteiger partial charge in [-0.05, 0) is 54.3 Å². The van der Waals surface area contributed by atoms with Gasteiger partial charge in [0.15, 0.2) is 23.0 Å². The van der Waals surface area contributed by atoms with Crippen LogP contribution in [0.25, 0.3) is 11.1 Å². The summed E-state index contributed by atoms with van der Waals surface area (Å²) < 4.78 is 10.9. The fourth-order valence-corrected chi connectivity index (χ4v) is 4.48. The van der Waals surface area contributed by atoms with E-state index in [4.69, 9.17) is 15.2 Å². The maximum absolute atomic E-state index is 10.8. The molecule has 26 heavy (non-hydrogen) atoms. The zero-order valence-corrected chi connectivity index (χ0v) is 15.3. The summed E-state index contributed by atoms with van der Waals surface area (Å²) >= 11 is 0. The smallest absolute Gasteiger partial charge is 0.169 e. The molecule has 0 amide bonds. The van der Waals surface area contributed by atoms with Gasteiger partial charge in [0.1, 0.15) is 0 Å². The third-order valence-corrected chi connectivity index (χ3v) is 5.76. The number of hydrogen-bond donors (Lipinski definition) is 3. The van der Waals surface area contributed by atoms with Crippen LogP contribution in [0.1, 0.15) is 28.3 Å². The summed E-state index contributed by atoms with van der Waals surface area (Å²) in [5.74, 6) is 1.09. The lowest BCUT2D eigenvalue weighted by Gasteiger charge is -2.41. The standard InChI is InChI=1S/C20H24N2O4/c1-22-5-4-11-13(9-21)19(24)20(26-3)18-12-8-16(25-2)15(23)7-10(12)6-14(22)17(11)18/h7-8,14,23-24H,4-6,9,21H2,1-3H3. The third kappa shape index (κ3) is 2.19. The number of nitrogens with two attached hydrogens (primary N) is 1. The van der Waals surface area contributed by atoms with Crippen LogP contribution in [-0.4, -0.2) is 42.9 Å². The molecule has 1 atom stereocenters. The number of ether oxygens (including phenoxy) is 2. The van der Waals surface area contributed by atoms with Crippen LogP contribution in [0.5, 0.6) is 23.0 Å². The van der Waals surface area contributed by atoms with Crippen LogP contribution in [0.3, 0.4) is 0 Å². The van der Waals surface area contributed by atoms with Crippen molar-refractivity contribution >= 4 is 0 Å². The van der Waals surface area contributed by atoms with Crippen LogP contribution in [0.15, 0.2) is 12.1 Å². The van der Waals surface area contributed by atoms with E-state index in [1.165, 1.54) is 12.7 Å². The molecule has 4 N–H and O–H groups in total. The minimum atomic E-state index is 0.118. The van der Waals surface area contributed by atoms with Gasteiger partial charge in [-0.15, -0.1) is 0 Å². The summed E-state index contributed by atoms with van der Waals surface area (Å²) in [7, 11) is 5.20. The Morgan fingerprint density at radius 1 is 1.23 bits per heavy atom. The van der Waals surface area contributed by atoms with Crippen molar-refractivity contribution in [3.63, 3.8) is 0 Å². The van der Waals surface area contributed by atoms with Crippen LogP contribution in [0.4, 0.5) is 0 Å². The molecule has 6 heteroatoms. The van der Waals surface area contributed by atoms with E-state index in [2.05, 4.69) is 11.9 Å². The number of rotatable bonds is 3. The van der Waals surface area contributed by atoms with Crippen molar-refractivity contribution in [3.8, 4) is 34.1 Å². The summed E-state index contributed by atoms with van der Waals surface area (Å²) in [6, 6.07) is 3.75. The van der Waals surface area contributed by atoms with E-state index in [0.717, 1.165) is 47.2 Å². The van der Waals surface area contributed by atoms with Crippen molar-refractivity contribution in [2.75, 3.05) is 27.8 Å². The van der Waals surface area contributed by atoms with Gasteiger partial charge < -0.3 is 25.4 Å². The van der Waals surface area contributed by atoms with Crippen LogP contribution < -0.4 is 15.2 Å². The zero-order chi connectivity index (χ0) is 18.6. The lowest BCUT2D eigenvalue weighted by Crippen LogP contribution is -2.36. The monoisotopic (exact) mass is 356 g/mol. The van der Waals surface area contributed by atoms with E-state index in [1.54, 1.807) is 13.2 Å². The van der Waals surface area contributed by atoms with Crippen molar-refractivity contribution in [2.24, 2.45) is 5.73 Å². The van der Waals surface area contributed by atoms with Crippen molar-refractivity contribution in [1.29, 1.82) is 0 Å². The Balaban J connectivity index is 2.12. The van der Waals surface area contributed by atoms with Crippen molar-refractivity contribution in [1.82, 2.24) is 4.90 Å². The second kappa shape index (κ2) is 6.07. The first-order valence-electron chi connectivity index (χ1n) is 8.76. The molecule has 0 spiro atoms. The SMILES string of the molecule is COc1cc2c(cc1O)CC1c3c(c(CN)c(O)c(OC)c3-2)CCN1C. The summed E-state index contributed by atoms with van der Waals surface area (Å²) in [5.41, 5.74) is 11.9. The molecular formula is C20H24N2O4. The fraction of sp³-hybridized carbons (Fsp3) is 0.400. The molecular weight excluding hydrogens is 332 g/mol. The number of fused-ring (bicyclic) bond motifs is 2. The topological polar surface area (TPSA) is 88.2 Å². The molecule has 1 aliphatic carbocycles. The van der Waals surface area contributed by atoms with Crippen molar-refractivity contribution in [2.45, 2.75) is 25.4 Å². The Hall–Kier alpha value is -2.44. The molecule has 1 aliphatic heterocycles. The number of methoxy groups -OCH3 is 2. The minimum absolute atomic E-state index is 0.118. The predicted octanol–water partition coefficient (Wildman–Crippen LogP) is 2.33. The Morgan fingerprint density at radius 2 is 2.00 bits per heavy atom. The molecule has 2 aromatic carbocycles. The molecule has 0 bridgehead atoms. The van der Waals surface area contributed by atoms with Crippen LogP contribution >= 0.6 is 0 Å². The average molecular weight is 356 g/mol. The zero-order valence-electron chi connectivity index (χ0n) is 15.3. The van der Waals surface area contributed by atoms with Gasteiger partial charge in [0.05, 0.1) is 14.2 Å². The number of phenols is 2. The van der Waals surface area contributed by atoms with Crippen LogP contribution in [0.2, 0.25) is 0 Å². The molecule has 0 radical (unpaired) electrons. The number of hydrogen-bond acceptors (Lipinski definition) is 6. The highest BCUT2D eigenvalue weighted by Crippen LogP contribution is 2.55. The fourth-order valence-electron chi connectivity index (χ4n) is 4.48. The molecule has 1 unspecified atom stereocenters. The first kappa shape index (κ1) is 17.0. The van der Waals surface area contributed by atoms with Gasteiger partial charge in [0.2, 0.25) is 0 Å². The molecule has 1 heterocycles. The van der Waals surface area contributed by atoms with E-state index in [9.17, 15) is 10.2 Å². The molecule has 0 saturated heterocycles. The Kier molecular flexibility index (Phi) is 3.97. The predicted molar refractivity (Wildman–Crippen MR) is 99.0 cm³/mol. The molecule has 4 rings (SSSR count). The molecule has 2 aliphatic rings. The molecule has 0 saturated carbocycles. The number of nitrogens with zero attached hydrogens (tertiary/aromatic N) is 1. The maximum atomic E-state index is 10.8. The second-order valence-corrected chi connectivity index (χ2v) is 6.96. The van der Waals surface area contributed by atoms with Gasteiger partial charge in [0, 0.05) is 30.3 Å². The summed E-state index contributed by atoms with van der Waals surface area (Å²) in [6.07, 6.45) is 1.62. The van der Waals surface area contributed by atoms with Gasteiger partial charge in [-0.3, -0.25) is 4.90 Å². The van der Waals surface area contributed by atoms with Crippen LogP contribution in [-0.2, 0) is 19.4 Å². The van der Waals surface area contributed by atoms with Crippen LogP contribution in [0, 0.1) is 0 Å². The summed E-state index contributed by atoms with van der Waals surface area (Å²) in [4.78, 5) is 2.31. The second-order valence-electron chi connectivity index (χ2n) is 6.96. The minimum Gasteiger partial charge on any atom is -0.504 e.